The summed E-state index contributed by atoms with van der Waals surface area (Å²) in [5.74, 6) is -1.61. The average Bonchev–Trinajstić information content (AvgIpc) is 3.18. The highest BCUT2D eigenvalue weighted by atomic mass is 35.5. The molecule has 0 N–H and O–H groups in total. The second-order valence-electron chi connectivity index (χ2n) is 8.14. The first-order chi connectivity index (χ1) is 13.1. The first kappa shape index (κ1) is 19.0. The van der Waals surface area contributed by atoms with E-state index in [1.54, 1.807) is 28.0 Å². The van der Waals surface area contributed by atoms with Crippen molar-refractivity contribution in [3.8, 4) is 0 Å². The molecule has 9 heteroatoms. The van der Waals surface area contributed by atoms with Crippen LogP contribution in [-0.4, -0.2) is 43.7 Å². The quantitative estimate of drug-likeness (QED) is 0.614. The van der Waals surface area contributed by atoms with Crippen LogP contribution in [0.15, 0.2) is 24.5 Å². The zero-order valence-electron chi connectivity index (χ0n) is 16.0. The zero-order chi connectivity index (χ0) is 20.1. The van der Waals surface area contributed by atoms with Crippen LogP contribution in [0.25, 0.3) is 11.0 Å². The number of rotatable bonds is 3. The molecular formula is C19H21ClF2N6. The monoisotopic (exact) mass is 406 g/mol. The molecule has 0 saturated carbocycles. The van der Waals surface area contributed by atoms with Crippen LogP contribution in [0.5, 0.6) is 0 Å². The van der Waals surface area contributed by atoms with Gasteiger partial charge in [0.25, 0.3) is 5.92 Å². The van der Waals surface area contributed by atoms with Crippen LogP contribution in [0.3, 0.4) is 0 Å². The molecule has 0 bridgehead atoms. The van der Waals surface area contributed by atoms with Crippen LogP contribution in [0.4, 0.5) is 14.6 Å². The number of hydrogen-bond acceptors (Lipinski definition) is 5. The summed E-state index contributed by atoms with van der Waals surface area (Å²) in [5.41, 5.74) is 1.07. The van der Waals surface area contributed by atoms with Crippen molar-refractivity contribution in [2.75, 3.05) is 18.0 Å². The highest BCUT2D eigenvalue weighted by Gasteiger charge is 2.40. The first-order valence-electron chi connectivity index (χ1n) is 9.10. The average molecular weight is 407 g/mol. The number of nitrogens with zero attached hydrogens (tertiary/aromatic N) is 6. The van der Waals surface area contributed by atoms with Crippen molar-refractivity contribution in [3.05, 3.63) is 41.1 Å². The van der Waals surface area contributed by atoms with Crippen molar-refractivity contribution in [1.82, 2.24) is 24.7 Å². The smallest absolute Gasteiger partial charge is 0.266 e. The third-order valence-corrected chi connectivity index (χ3v) is 5.11. The molecule has 0 unspecified atom stereocenters. The summed E-state index contributed by atoms with van der Waals surface area (Å²) in [4.78, 5) is 15.1. The van der Waals surface area contributed by atoms with E-state index < -0.39 is 5.92 Å². The van der Waals surface area contributed by atoms with Gasteiger partial charge >= 0.3 is 0 Å². The topological polar surface area (TPSA) is 59.7 Å². The molecule has 3 aromatic heterocycles. The molecule has 1 aliphatic heterocycles. The standard InChI is InChI=1S/C19H21ClF2N6/c1-18(2,3)17-25-15(27-8-6-19(21,22)11-27)13-9-24-28(16(13)26-17)10-12-5-4-7-23-14(12)20/h4-5,7,9H,6,8,10-11H2,1-3H3. The maximum absolute atomic E-state index is 13.8. The maximum atomic E-state index is 13.8. The maximum Gasteiger partial charge on any atom is 0.266 e. The SMILES string of the molecule is CC(C)(C)c1nc(N2CCC(F)(F)C2)c2cnn(Cc3cccnc3Cl)c2n1. The Hall–Kier alpha value is -2.35. The minimum absolute atomic E-state index is 0.178. The molecule has 0 aromatic carbocycles. The first-order valence-corrected chi connectivity index (χ1v) is 9.48. The summed E-state index contributed by atoms with van der Waals surface area (Å²) in [5, 5.41) is 5.49. The van der Waals surface area contributed by atoms with Crippen molar-refractivity contribution in [3.63, 3.8) is 0 Å². The highest BCUT2D eigenvalue weighted by molar-refractivity contribution is 6.30. The van der Waals surface area contributed by atoms with Crippen LogP contribution in [0.1, 0.15) is 38.6 Å². The number of anilines is 1. The molecule has 1 fully saturated rings. The van der Waals surface area contributed by atoms with E-state index in [-0.39, 0.29) is 24.9 Å². The lowest BCUT2D eigenvalue weighted by atomic mass is 9.95. The van der Waals surface area contributed by atoms with Gasteiger partial charge in [0, 0.05) is 30.1 Å². The second-order valence-corrected chi connectivity index (χ2v) is 8.50. The van der Waals surface area contributed by atoms with Gasteiger partial charge in [-0.25, -0.2) is 28.4 Å². The molecule has 0 amide bonds. The lowest BCUT2D eigenvalue weighted by Crippen LogP contribution is -2.27. The van der Waals surface area contributed by atoms with Gasteiger partial charge in [0.05, 0.1) is 24.7 Å². The second kappa shape index (κ2) is 6.62. The number of pyridine rings is 1. The van der Waals surface area contributed by atoms with Gasteiger partial charge in [-0.2, -0.15) is 5.10 Å². The molecule has 3 aromatic rings. The molecule has 4 heterocycles. The Morgan fingerprint density at radius 3 is 2.68 bits per heavy atom. The van der Waals surface area contributed by atoms with E-state index in [1.165, 1.54) is 0 Å². The Balaban J connectivity index is 1.84. The summed E-state index contributed by atoms with van der Waals surface area (Å²) in [6.07, 6.45) is 3.08. The van der Waals surface area contributed by atoms with E-state index in [1.807, 2.05) is 26.8 Å². The van der Waals surface area contributed by atoms with Crippen LogP contribution in [0.2, 0.25) is 5.15 Å². The van der Waals surface area contributed by atoms with Crippen LogP contribution >= 0.6 is 11.6 Å². The van der Waals surface area contributed by atoms with E-state index in [0.29, 0.717) is 34.4 Å². The fourth-order valence-electron chi connectivity index (χ4n) is 3.25. The minimum Gasteiger partial charge on any atom is -0.350 e. The van der Waals surface area contributed by atoms with Gasteiger partial charge < -0.3 is 4.90 Å². The summed E-state index contributed by atoms with van der Waals surface area (Å²) in [7, 11) is 0. The summed E-state index contributed by atoms with van der Waals surface area (Å²) in [6.45, 7) is 6.27. The summed E-state index contributed by atoms with van der Waals surface area (Å²) in [6, 6.07) is 3.68. The minimum atomic E-state index is -2.71. The van der Waals surface area contributed by atoms with Crippen molar-refractivity contribution in [1.29, 1.82) is 0 Å². The Morgan fingerprint density at radius 2 is 2.04 bits per heavy atom. The van der Waals surface area contributed by atoms with Crippen LogP contribution in [0, 0.1) is 0 Å². The van der Waals surface area contributed by atoms with Gasteiger partial charge in [0.15, 0.2) is 5.65 Å². The molecule has 1 saturated heterocycles. The number of aromatic nitrogens is 5. The van der Waals surface area contributed by atoms with Crippen molar-refractivity contribution in [2.45, 2.75) is 45.1 Å². The Morgan fingerprint density at radius 1 is 1.25 bits per heavy atom. The van der Waals surface area contributed by atoms with Gasteiger partial charge in [-0.1, -0.05) is 38.4 Å². The molecule has 148 valence electrons. The Kier molecular flexibility index (Phi) is 4.49. The molecule has 6 nitrogen and oxygen atoms in total. The van der Waals surface area contributed by atoms with Gasteiger partial charge in [-0.05, 0) is 6.07 Å². The van der Waals surface area contributed by atoms with Gasteiger partial charge in [-0.15, -0.1) is 0 Å². The molecule has 0 radical (unpaired) electrons. The lowest BCUT2D eigenvalue weighted by molar-refractivity contribution is 0.0257. The number of hydrogen-bond donors (Lipinski definition) is 0. The van der Waals surface area contributed by atoms with Crippen LogP contribution in [-0.2, 0) is 12.0 Å². The van der Waals surface area contributed by atoms with E-state index in [0.717, 1.165) is 5.56 Å². The van der Waals surface area contributed by atoms with Gasteiger partial charge in [-0.3, -0.25) is 0 Å². The largest absolute Gasteiger partial charge is 0.350 e. The Labute approximate surface area is 166 Å². The lowest BCUT2D eigenvalue weighted by Gasteiger charge is -2.22. The number of fused-ring (bicyclic) bond motifs is 1. The highest BCUT2D eigenvalue weighted by Crippen LogP contribution is 2.35. The van der Waals surface area contributed by atoms with Gasteiger partial charge in [0.1, 0.15) is 16.8 Å². The molecule has 4 rings (SSSR count). The predicted molar refractivity (Wildman–Crippen MR) is 104 cm³/mol. The molecule has 0 atom stereocenters. The van der Waals surface area contributed by atoms with E-state index in [4.69, 9.17) is 16.6 Å². The molecule has 28 heavy (non-hydrogen) atoms. The van der Waals surface area contributed by atoms with E-state index >= 15 is 0 Å². The van der Waals surface area contributed by atoms with E-state index in [2.05, 4.69) is 15.1 Å². The van der Waals surface area contributed by atoms with Crippen LogP contribution < -0.4 is 4.90 Å². The van der Waals surface area contributed by atoms with Crippen molar-refractivity contribution in [2.24, 2.45) is 0 Å². The van der Waals surface area contributed by atoms with Crippen molar-refractivity contribution >= 4 is 28.5 Å². The molecule has 1 aliphatic rings. The summed E-state index contributed by atoms with van der Waals surface area (Å²) >= 11 is 6.19. The predicted octanol–water partition coefficient (Wildman–Crippen LogP) is 4.07. The Bertz CT molecular complexity index is 1030. The third-order valence-electron chi connectivity index (χ3n) is 4.77. The molecular weight excluding hydrogens is 386 g/mol. The van der Waals surface area contributed by atoms with Crippen molar-refractivity contribution < 1.29 is 8.78 Å². The van der Waals surface area contributed by atoms with E-state index in [9.17, 15) is 8.78 Å². The number of alkyl halides is 2. The molecule has 0 aliphatic carbocycles. The number of halogens is 3. The fourth-order valence-corrected chi connectivity index (χ4v) is 3.43. The molecule has 0 spiro atoms. The zero-order valence-corrected chi connectivity index (χ0v) is 16.7. The fraction of sp³-hybridized carbons (Fsp3) is 0.474. The normalized spacial score (nSPS) is 16.9. The van der Waals surface area contributed by atoms with Gasteiger partial charge in [0.2, 0.25) is 0 Å². The third kappa shape index (κ3) is 3.53. The summed E-state index contributed by atoms with van der Waals surface area (Å²) < 4.78 is 29.4.